The first-order chi connectivity index (χ1) is 21.5. The van der Waals surface area contributed by atoms with Gasteiger partial charge in [0, 0.05) is 31.2 Å². The zero-order valence-corrected chi connectivity index (χ0v) is 26.8. The van der Waals surface area contributed by atoms with Crippen molar-refractivity contribution in [2.75, 3.05) is 32.5 Å². The number of methoxy groups -OCH3 is 1. The Bertz CT molecular complexity index is 1500. The highest BCUT2D eigenvalue weighted by atomic mass is 32.2. The van der Waals surface area contributed by atoms with Gasteiger partial charge in [-0.15, -0.1) is 0 Å². The fourth-order valence-corrected chi connectivity index (χ4v) is 6.88. The third-order valence-corrected chi connectivity index (χ3v) is 9.30. The highest BCUT2D eigenvalue weighted by molar-refractivity contribution is 7.89. The maximum atomic E-state index is 13.5. The molecule has 0 saturated carbocycles. The van der Waals surface area contributed by atoms with Crippen LogP contribution >= 0.6 is 0 Å². The molecule has 0 radical (unpaired) electrons. The van der Waals surface area contributed by atoms with Crippen LogP contribution in [-0.2, 0) is 21.2 Å². The first-order valence-corrected chi connectivity index (χ1v) is 16.4. The lowest BCUT2D eigenvalue weighted by molar-refractivity contribution is -0.123. The van der Waals surface area contributed by atoms with Crippen LogP contribution < -0.4 is 21.1 Å². The first-order valence-electron chi connectivity index (χ1n) is 14.9. The van der Waals surface area contributed by atoms with E-state index >= 15 is 0 Å². The maximum absolute atomic E-state index is 13.5. The van der Waals surface area contributed by atoms with Gasteiger partial charge < -0.3 is 31.3 Å². The molecule has 2 amide bonds. The van der Waals surface area contributed by atoms with Crippen molar-refractivity contribution in [3.8, 4) is 16.9 Å². The normalized spacial score (nSPS) is 12.9. The van der Waals surface area contributed by atoms with E-state index in [2.05, 4.69) is 10.6 Å². The van der Waals surface area contributed by atoms with Crippen molar-refractivity contribution < 1.29 is 33.0 Å². The van der Waals surface area contributed by atoms with Crippen LogP contribution in [0.4, 0.5) is 10.5 Å². The number of hydrogen-bond donors (Lipinski definition) is 5. The molecule has 0 bridgehead atoms. The fourth-order valence-electron chi connectivity index (χ4n) is 5.07. The number of nitrogens with two attached hydrogens (primary N) is 1. The van der Waals surface area contributed by atoms with Crippen molar-refractivity contribution in [1.29, 1.82) is 0 Å². The molecule has 3 rings (SSSR count). The minimum Gasteiger partial charge on any atom is -0.497 e. The van der Waals surface area contributed by atoms with Crippen LogP contribution in [0.15, 0.2) is 77.7 Å². The second kappa shape index (κ2) is 16.8. The molecule has 0 aliphatic heterocycles. The van der Waals surface area contributed by atoms with E-state index in [1.165, 1.54) is 28.6 Å². The molecule has 0 heterocycles. The smallest absolute Gasteiger partial charge is 0.405 e. The van der Waals surface area contributed by atoms with E-state index in [0.717, 1.165) is 16.7 Å². The largest absolute Gasteiger partial charge is 0.497 e. The molecule has 2 atom stereocenters. The zero-order chi connectivity index (χ0) is 33.0. The summed E-state index contributed by atoms with van der Waals surface area (Å²) in [5.41, 5.74) is 8.77. The van der Waals surface area contributed by atoms with Crippen LogP contribution in [-0.4, -0.2) is 73.8 Å². The number of sulfonamides is 1. The van der Waals surface area contributed by atoms with E-state index < -0.39 is 34.1 Å². The van der Waals surface area contributed by atoms with Gasteiger partial charge in [0.1, 0.15) is 11.8 Å². The van der Waals surface area contributed by atoms with Gasteiger partial charge in [0.15, 0.2) is 0 Å². The monoisotopic (exact) mass is 640 g/mol. The number of unbranched alkanes of at least 4 members (excludes halogenated alkanes) is 1. The lowest BCUT2D eigenvalue weighted by Crippen LogP contribution is -2.48. The van der Waals surface area contributed by atoms with Crippen molar-refractivity contribution in [2.24, 2.45) is 5.92 Å². The number of rotatable bonds is 17. The van der Waals surface area contributed by atoms with E-state index in [0.29, 0.717) is 30.7 Å². The number of nitrogens with zero attached hydrogens (tertiary/aromatic N) is 1. The summed E-state index contributed by atoms with van der Waals surface area (Å²) < 4.78 is 33.5. The Hall–Kier alpha value is -4.13. The molecule has 6 N–H and O–H groups in total. The first kappa shape index (κ1) is 35.4. The molecule has 3 aromatic rings. The maximum Gasteiger partial charge on any atom is 0.405 e. The Morgan fingerprint density at radius 3 is 2.24 bits per heavy atom. The van der Waals surface area contributed by atoms with Gasteiger partial charge in [-0.1, -0.05) is 56.7 Å². The topological polar surface area (TPSA) is 171 Å². The van der Waals surface area contributed by atoms with Crippen LogP contribution in [0.5, 0.6) is 5.75 Å². The molecular weight excluding hydrogens is 596 g/mol. The Labute approximate surface area is 265 Å². The van der Waals surface area contributed by atoms with E-state index in [1.807, 2.05) is 62.4 Å². The number of carboxylic acid groups (broad SMARTS) is 1. The molecule has 0 fully saturated rings. The minimum absolute atomic E-state index is 0.0235. The molecule has 0 spiro atoms. The van der Waals surface area contributed by atoms with Crippen molar-refractivity contribution in [3.05, 3.63) is 78.4 Å². The second-order valence-electron chi connectivity index (χ2n) is 11.3. The number of carbonyl (C=O) groups is 2. The predicted octanol–water partition coefficient (Wildman–Crippen LogP) is 4.12. The van der Waals surface area contributed by atoms with Crippen LogP contribution in [0, 0.1) is 5.92 Å². The summed E-state index contributed by atoms with van der Waals surface area (Å²) in [6.07, 6.45) is 0.228. The summed E-state index contributed by atoms with van der Waals surface area (Å²) in [6.45, 7) is 3.95. The number of carbonyl (C=O) groups excluding carboxylic acids is 1. The summed E-state index contributed by atoms with van der Waals surface area (Å²) in [4.78, 5) is 24.8. The van der Waals surface area contributed by atoms with E-state index in [-0.39, 0.29) is 36.9 Å². The van der Waals surface area contributed by atoms with Gasteiger partial charge in [0.25, 0.3) is 0 Å². The van der Waals surface area contributed by atoms with Crippen molar-refractivity contribution >= 4 is 27.7 Å². The third kappa shape index (κ3) is 10.2. The Morgan fingerprint density at radius 1 is 0.978 bits per heavy atom. The van der Waals surface area contributed by atoms with Crippen molar-refractivity contribution in [3.63, 3.8) is 0 Å². The molecule has 0 aliphatic rings. The van der Waals surface area contributed by atoms with Crippen LogP contribution in [0.2, 0.25) is 0 Å². The Kier molecular flexibility index (Phi) is 13.2. The van der Waals surface area contributed by atoms with Crippen molar-refractivity contribution in [1.82, 2.24) is 14.9 Å². The molecule has 11 nitrogen and oxygen atoms in total. The van der Waals surface area contributed by atoms with Gasteiger partial charge in [-0.05, 0) is 71.8 Å². The number of benzene rings is 3. The quantitative estimate of drug-likeness (QED) is 0.108. The molecule has 12 heteroatoms. The number of nitrogens with one attached hydrogen (secondary N) is 2. The molecule has 45 heavy (non-hydrogen) atoms. The average molecular weight is 641 g/mol. The standard InChI is InChI=1S/C33H44N4O7S/c1-23(2)21-37(45(42,43)29-17-13-26(34)14-18-29)27(22-38)9-6-7-19-35-32(39)31(36-33(40)41)20-25-8-4-5-10-30(25)24-11-15-28(44-3)16-12-24/h4-5,8,10-18,23,27,31,36,38H,6-7,9,19-22,34H2,1-3H3,(H,35,39)(H,40,41). The molecule has 0 aromatic heterocycles. The summed E-state index contributed by atoms with van der Waals surface area (Å²) in [7, 11) is -2.30. The highest BCUT2D eigenvalue weighted by Crippen LogP contribution is 2.27. The molecular formula is C33H44N4O7S. The summed E-state index contributed by atoms with van der Waals surface area (Å²) in [5, 5.41) is 24.8. The Morgan fingerprint density at radius 2 is 1.64 bits per heavy atom. The van der Waals surface area contributed by atoms with Crippen LogP contribution in [0.25, 0.3) is 11.1 Å². The number of amides is 2. The summed E-state index contributed by atoms with van der Waals surface area (Å²) in [5.74, 6) is 0.269. The summed E-state index contributed by atoms with van der Waals surface area (Å²) >= 11 is 0. The van der Waals surface area contributed by atoms with Gasteiger partial charge in [-0.2, -0.15) is 4.31 Å². The molecule has 0 saturated heterocycles. The fraction of sp³-hybridized carbons (Fsp3) is 0.394. The number of hydrogen-bond acceptors (Lipinski definition) is 7. The molecule has 0 aliphatic carbocycles. The number of ether oxygens (including phenoxy) is 1. The average Bonchev–Trinajstić information content (AvgIpc) is 3.01. The number of anilines is 1. The number of aliphatic hydroxyl groups is 1. The zero-order valence-electron chi connectivity index (χ0n) is 26.0. The number of nitrogen functional groups attached to an aromatic ring is 1. The van der Waals surface area contributed by atoms with Gasteiger partial charge in [-0.25, -0.2) is 13.2 Å². The molecule has 244 valence electrons. The van der Waals surface area contributed by atoms with Gasteiger partial charge >= 0.3 is 6.09 Å². The van der Waals surface area contributed by atoms with E-state index in [4.69, 9.17) is 10.5 Å². The lowest BCUT2D eigenvalue weighted by atomic mass is 9.94. The van der Waals surface area contributed by atoms with Gasteiger partial charge in [0.05, 0.1) is 18.6 Å². The van der Waals surface area contributed by atoms with E-state index in [1.54, 1.807) is 7.11 Å². The minimum atomic E-state index is -3.88. The van der Waals surface area contributed by atoms with E-state index in [9.17, 15) is 28.2 Å². The SMILES string of the molecule is COc1ccc(-c2ccccc2CC(NC(=O)O)C(=O)NCCCCC(CO)N(CC(C)C)S(=O)(=O)c2ccc(N)cc2)cc1. The molecule has 2 unspecified atom stereocenters. The second-order valence-corrected chi connectivity index (χ2v) is 13.1. The predicted molar refractivity (Wildman–Crippen MR) is 174 cm³/mol. The van der Waals surface area contributed by atoms with Crippen LogP contribution in [0.3, 0.4) is 0 Å². The molecule has 3 aromatic carbocycles. The summed E-state index contributed by atoms with van der Waals surface area (Å²) in [6, 6.07) is 19.3. The lowest BCUT2D eigenvalue weighted by Gasteiger charge is -2.31. The van der Waals surface area contributed by atoms with Gasteiger partial charge in [0.2, 0.25) is 15.9 Å². The number of aliphatic hydroxyl groups excluding tert-OH is 1. The van der Waals surface area contributed by atoms with Crippen LogP contribution in [0.1, 0.15) is 38.7 Å². The Balaban J connectivity index is 1.63. The third-order valence-electron chi connectivity index (χ3n) is 7.37. The highest BCUT2D eigenvalue weighted by Gasteiger charge is 2.31. The van der Waals surface area contributed by atoms with Gasteiger partial charge in [-0.3, -0.25) is 4.79 Å². The van der Waals surface area contributed by atoms with Crippen molar-refractivity contribution in [2.45, 2.75) is 56.5 Å².